The molecule has 0 spiro atoms. The van der Waals surface area contributed by atoms with Gasteiger partial charge in [-0.3, -0.25) is 4.79 Å². The fourth-order valence-corrected chi connectivity index (χ4v) is 1.14. The number of alkyl halides is 3. The van der Waals surface area contributed by atoms with Crippen molar-refractivity contribution in [3.05, 3.63) is 33.7 Å². The average molecular weight is 194 g/mol. The molecule has 1 aromatic heterocycles. The number of halogens is 3. The molecule has 0 unspecified atom stereocenters. The molecule has 0 aliphatic heterocycles. The van der Waals surface area contributed by atoms with Crippen LogP contribution in [0.2, 0.25) is 0 Å². The highest BCUT2D eigenvalue weighted by atomic mass is 35.5. The summed E-state index contributed by atoms with van der Waals surface area (Å²) in [7, 11) is 0. The molecule has 2 nitrogen and oxygen atoms in total. The molecular formula is C7H6ClF2NO. The second-order valence-corrected chi connectivity index (χ2v) is 2.44. The lowest BCUT2D eigenvalue weighted by Crippen LogP contribution is -2.13. The Labute approximate surface area is 72.2 Å². The molecule has 5 heteroatoms. The highest BCUT2D eigenvalue weighted by Crippen LogP contribution is 2.20. The summed E-state index contributed by atoms with van der Waals surface area (Å²) in [6, 6.07) is 1.16. The molecule has 1 heterocycles. The SMILES string of the molecule is O=c1[nH]ccc(C(F)F)c1CCl. The van der Waals surface area contributed by atoms with E-state index in [2.05, 4.69) is 4.98 Å². The molecule has 0 aliphatic carbocycles. The highest BCUT2D eigenvalue weighted by molar-refractivity contribution is 6.17. The lowest BCUT2D eigenvalue weighted by Gasteiger charge is -2.02. The van der Waals surface area contributed by atoms with Crippen LogP contribution in [0, 0.1) is 0 Å². The van der Waals surface area contributed by atoms with Gasteiger partial charge in [0.15, 0.2) is 0 Å². The monoisotopic (exact) mass is 193 g/mol. The number of nitrogens with one attached hydrogen (secondary N) is 1. The van der Waals surface area contributed by atoms with Crippen molar-refractivity contribution in [2.75, 3.05) is 0 Å². The zero-order chi connectivity index (χ0) is 9.14. The predicted molar refractivity (Wildman–Crippen MR) is 41.6 cm³/mol. The topological polar surface area (TPSA) is 32.9 Å². The zero-order valence-electron chi connectivity index (χ0n) is 5.98. The van der Waals surface area contributed by atoms with Crippen LogP contribution < -0.4 is 5.56 Å². The number of rotatable bonds is 2. The number of aromatic amines is 1. The van der Waals surface area contributed by atoms with Gasteiger partial charge >= 0.3 is 0 Å². The van der Waals surface area contributed by atoms with Gasteiger partial charge in [-0.05, 0) is 6.07 Å². The van der Waals surface area contributed by atoms with E-state index >= 15 is 0 Å². The predicted octanol–water partition coefficient (Wildman–Crippen LogP) is 2.05. The standard InChI is InChI=1S/C7H6ClF2NO/c8-3-5-4(6(9)10)1-2-11-7(5)12/h1-2,6H,3H2,(H,11,12). The fraction of sp³-hybridized carbons (Fsp3) is 0.286. The molecule has 66 valence electrons. The second-order valence-electron chi connectivity index (χ2n) is 2.18. The van der Waals surface area contributed by atoms with E-state index in [-0.39, 0.29) is 17.0 Å². The molecule has 0 aromatic carbocycles. The third kappa shape index (κ3) is 1.64. The van der Waals surface area contributed by atoms with Gasteiger partial charge in [0.2, 0.25) is 0 Å². The van der Waals surface area contributed by atoms with Crippen LogP contribution in [0.4, 0.5) is 8.78 Å². The highest BCUT2D eigenvalue weighted by Gasteiger charge is 2.13. The first-order valence-corrected chi connectivity index (χ1v) is 3.75. The quantitative estimate of drug-likeness (QED) is 0.717. The van der Waals surface area contributed by atoms with Gasteiger partial charge < -0.3 is 4.98 Å². The minimum atomic E-state index is -2.65. The summed E-state index contributed by atoms with van der Waals surface area (Å²) < 4.78 is 24.4. The Balaban J connectivity index is 3.28. The first-order chi connectivity index (χ1) is 5.66. The molecule has 0 radical (unpaired) electrons. The number of hydrogen-bond donors (Lipinski definition) is 1. The minimum absolute atomic E-state index is 0.0610. The van der Waals surface area contributed by atoms with Crippen molar-refractivity contribution < 1.29 is 8.78 Å². The molecule has 1 aromatic rings. The maximum Gasteiger partial charge on any atom is 0.264 e. The van der Waals surface area contributed by atoms with Gasteiger partial charge in [0.25, 0.3) is 12.0 Å². The largest absolute Gasteiger partial charge is 0.329 e. The van der Waals surface area contributed by atoms with Crippen LogP contribution in [0.25, 0.3) is 0 Å². The molecule has 0 fully saturated rings. The van der Waals surface area contributed by atoms with Gasteiger partial charge in [0.05, 0.1) is 5.88 Å². The molecule has 0 bridgehead atoms. The van der Waals surface area contributed by atoms with Gasteiger partial charge in [-0.25, -0.2) is 8.78 Å². The zero-order valence-corrected chi connectivity index (χ0v) is 6.74. The molecule has 0 saturated heterocycles. The van der Waals surface area contributed by atoms with Crippen LogP contribution in [-0.2, 0) is 5.88 Å². The van der Waals surface area contributed by atoms with Gasteiger partial charge in [0.1, 0.15) is 0 Å². The van der Waals surface area contributed by atoms with E-state index < -0.39 is 12.0 Å². The van der Waals surface area contributed by atoms with Crippen molar-refractivity contribution in [2.24, 2.45) is 0 Å². The molecule has 0 aliphatic rings. The van der Waals surface area contributed by atoms with Gasteiger partial charge in [-0.15, -0.1) is 11.6 Å². The van der Waals surface area contributed by atoms with E-state index in [1.54, 1.807) is 0 Å². The third-order valence-corrected chi connectivity index (χ3v) is 1.74. The van der Waals surface area contributed by atoms with E-state index in [4.69, 9.17) is 11.6 Å². The van der Waals surface area contributed by atoms with Crippen LogP contribution in [0.3, 0.4) is 0 Å². The van der Waals surface area contributed by atoms with Crippen molar-refractivity contribution in [1.82, 2.24) is 4.98 Å². The normalized spacial score (nSPS) is 10.7. The van der Waals surface area contributed by atoms with Crippen molar-refractivity contribution in [3.63, 3.8) is 0 Å². The molecule has 12 heavy (non-hydrogen) atoms. The Morgan fingerprint density at radius 2 is 2.25 bits per heavy atom. The Hall–Kier alpha value is -0.900. The fourth-order valence-electron chi connectivity index (χ4n) is 0.868. The summed E-state index contributed by atoms with van der Waals surface area (Å²) >= 11 is 5.33. The van der Waals surface area contributed by atoms with E-state index in [1.165, 1.54) is 6.20 Å². The molecule has 1 N–H and O–H groups in total. The summed E-state index contributed by atoms with van der Waals surface area (Å²) in [5.41, 5.74) is -0.911. The van der Waals surface area contributed by atoms with Crippen LogP contribution in [0.1, 0.15) is 17.6 Å². The van der Waals surface area contributed by atoms with E-state index in [0.717, 1.165) is 6.07 Å². The van der Waals surface area contributed by atoms with Gasteiger partial charge in [-0.2, -0.15) is 0 Å². The smallest absolute Gasteiger partial charge is 0.264 e. The van der Waals surface area contributed by atoms with E-state index in [0.29, 0.717) is 0 Å². The van der Waals surface area contributed by atoms with Crippen molar-refractivity contribution in [3.8, 4) is 0 Å². The minimum Gasteiger partial charge on any atom is -0.329 e. The molecule has 0 amide bonds. The average Bonchev–Trinajstić information content (AvgIpc) is 2.03. The van der Waals surface area contributed by atoms with Crippen LogP contribution in [0.5, 0.6) is 0 Å². The Morgan fingerprint density at radius 3 is 2.67 bits per heavy atom. The maximum atomic E-state index is 12.2. The number of aromatic nitrogens is 1. The first kappa shape index (κ1) is 9.19. The lowest BCUT2D eigenvalue weighted by molar-refractivity contribution is 0.150. The second kappa shape index (κ2) is 3.67. The Bertz CT molecular complexity index is 323. The van der Waals surface area contributed by atoms with E-state index in [1.807, 2.05) is 0 Å². The van der Waals surface area contributed by atoms with Gasteiger partial charge in [-0.1, -0.05) is 0 Å². The Morgan fingerprint density at radius 1 is 1.58 bits per heavy atom. The molecular weight excluding hydrogens is 188 g/mol. The van der Waals surface area contributed by atoms with Crippen molar-refractivity contribution >= 4 is 11.6 Å². The first-order valence-electron chi connectivity index (χ1n) is 3.21. The Kier molecular flexibility index (Phi) is 2.81. The van der Waals surface area contributed by atoms with E-state index in [9.17, 15) is 13.6 Å². The number of H-pyrrole nitrogens is 1. The number of pyridine rings is 1. The summed E-state index contributed by atoms with van der Waals surface area (Å²) in [4.78, 5) is 13.2. The lowest BCUT2D eigenvalue weighted by atomic mass is 10.2. The van der Waals surface area contributed by atoms with Crippen molar-refractivity contribution in [1.29, 1.82) is 0 Å². The molecule has 0 atom stereocenters. The maximum absolute atomic E-state index is 12.2. The van der Waals surface area contributed by atoms with Crippen molar-refractivity contribution in [2.45, 2.75) is 12.3 Å². The third-order valence-electron chi connectivity index (χ3n) is 1.47. The molecule has 1 rings (SSSR count). The van der Waals surface area contributed by atoms with Crippen LogP contribution in [0.15, 0.2) is 17.1 Å². The van der Waals surface area contributed by atoms with Gasteiger partial charge in [0, 0.05) is 17.3 Å². The summed E-state index contributed by atoms with van der Waals surface area (Å²) in [5, 5.41) is 0. The number of hydrogen-bond acceptors (Lipinski definition) is 1. The summed E-state index contributed by atoms with van der Waals surface area (Å²) in [6.07, 6.45) is -1.47. The molecule has 0 saturated carbocycles. The van der Waals surface area contributed by atoms with Crippen LogP contribution in [-0.4, -0.2) is 4.98 Å². The summed E-state index contributed by atoms with van der Waals surface area (Å²) in [5.74, 6) is -0.199. The summed E-state index contributed by atoms with van der Waals surface area (Å²) in [6.45, 7) is 0. The van der Waals surface area contributed by atoms with Crippen LogP contribution >= 0.6 is 11.6 Å².